The molecule has 2 rings (SSSR count). The minimum Gasteiger partial charge on any atom is -0.354 e. The molecule has 18 heavy (non-hydrogen) atoms. The van der Waals surface area contributed by atoms with Crippen LogP contribution < -0.4 is 10.6 Å². The number of aromatic nitrogens is 3. The van der Waals surface area contributed by atoms with Crippen LogP contribution in [0.1, 0.15) is 26.2 Å². The van der Waals surface area contributed by atoms with Crippen LogP contribution in [0.3, 0.4) is 0 Å². The highest BCUT2D eigenvalue weighted by molar-refractivity contribution is 7.99. The Bertz CT molecular complexity index is 403. The average molecular weight is 288 g/mol. The van der Waals surface area contributed by atoms with Crippen molar-refractivity contribution in [1.82, 2.24) is 15.0 Å². The van der Waals surface area contributed by atoms with E-state index in [0.717, 1.165) is 13.0 Å². The summed E-state index contributed by atoms with van der Waals surface area (Å²) in [6.45, 7) is 2.75. The van der Waals surface area contributed by atoms with E-state index in [2.05, 4.69) is 31.8 Å². The van der Waals surface area contributed by atoms with E-state index in [1.54, 1.807) is 0 Å². The molecule has 0 aromatic carbocycles. The first kappa shape index (κ1) is 13.7. The minimum atomic E-state index is 0.224. The molecule has 0 spiro atoms. The first-order chi connectivity index (χ1) is 8.72. The average Bonchev–Trinajstić information content (AvgIpc) is 2.76. The molecule has 1 aromatic heterocycles. The van der Waals surface area contributed by atoms with E-state index in [1.165, 1.54) is 12.8 Å². The number of nitrogens with zero attached hydrogens (tertiary/aromatic N) is 3. The van der Waals surface area contributed by atoms with Gasteiger partial charge in [0.05, 0.1) is 0 Å². The van der Waals surface area contributed by atoms with Crippen molar-refractivity contribution < 1.29 is 0 Å². The van der Waals surface area contributed by atoms with Gasteiger partial charge < -0.3 is 10.6 Å². The third-order valence-electron chi connectivity index (χ3n) is 3.01. The monoisotopic (exact) mass is 287 g/mol. The zero-order valence-electron chi connectivity index (χ0n) is 10.6. The first-order valence-electron chi connectivity index (χ1n) is 6.17. The van der Waals surface area contributed by atoms with Crippen molar-refractivity contribution in [2.24, 2.45) is 0 Å². The Kier molecular flexibility index (Phi) is 4.88. The molecule has 0 aliphatic heterocycles. The zero-order chi connectivity index (χ0) is 13.0. The number of anilines is 2. The highest BCUT2D eigenvalue weighted by Gasteiger charge is 2.27. The summed E-state index contributed by atoms with van der Waals surface area (Å²) >= 11 is 7.79. The van der Waals surface area contributed by atoms with Crippen molar-refractivity contribution in [2.75, 3.05) is 23.4 Å². The van der Waals surface area contributed by atoms with E-state index >= 15 is 0 Å². The molecule has 1 fully saturated rings. The Morgan fingerprint density at radius 1 is 1.28 bits per heavy atom. The Labute approximate surface area is 117 Å². The number of hydrogen-bond donors (Lipinski definition) is 2. The topological polar surface area (TPSA) is 62.7 Å². The molecule has 2 atom stereocenters. The molecule has 7 heteroatoms. The molecule has 0 radical (unpaired) electrons. The molecule has 1 aliphatic carbocycles. The molecule has 1 saturated carbocycles. The van der Waals surface area contributed by atoms with Crippen molar-refractivity contribution in [3.05, 3.63) is 5.28 Å². The first-order valence-corrected chi connectivity index (χ1v) is 7.84. The molecular formula is C11H18ClN5S. The van der Waals surface area contributed by atoms with Crippen LogP contribution >= 0.6 is 23.4 Å². The summed E-state index contributed by atoms with van der Waals surface area (Å²) in [5.41, 5.74) is 0. The second-order valence-electron chi connectivity index (χ2n) is 4.24. The molecule has 0 bridgehead atoms. The van der Waals surface area contributed by atoms with Gasteiger partial charge in [-0.25, -0.2) is 0 Å². The summed E-state index contributed by atoms with van der Waals surface area (Å²) in [5, 5.41) is 7.27. The molecular weight excluding hydrogens is 270 g/mol. The van der Waals surface area contributed by atoms with Gasteiger partial charge in [-0.2, -0.15) is 26.7 Å². The van der Waals surface area contributed by atoms with Crippen molar-refractivity contribution in [2.45, 2.75) is 37.5 Å². The lowest BCUT2D eigenvalue weighted by Crippen LogP contribution is -2.27. The van der Waals surface area contributed by atoms with Crippen LogP contribution in [0.2, 0.25) is 5.28 Å². The Balaban J connectivity index is 2.08. The smallest absolute Gasteiger partial charge is 0.229 e. The standard InChI is InChI=1S/C11H18ClN5S/c1-3-13-10-15-9(12)16-11(17-10)14-7-5-4-6-8(7)18-2/h7-8H,3-6H2,1-2H3,(H2,13,14,15,16,17). The fourth-order valence-corrected chi connectivity index (χ4v) is 3.29. The van der Waals surface area contributed by atoms with Crippen molar-refractivity contribution in [3.8, 4) is 0 Å². The van der Waals surface area contributed by atoms with Gasteiger partial charge in [-0.05, 0) is 37.6 Å². The Hall–Kier alpha value is -0.750. The predicted octanol–water partition coefficient (Wildman–Crippen LogP) is 2.65. The van der Waals surface area contributed by atoms with Crippen molar-refractivity contribution >= 4 is 35.3 Å². The summed E-state index contributed by atoms with van der Waals surface area (Å²) < 4.78 is 0. The van der Waals surface area contributed by atoms with Gasteiger partial charge in [0.2, 0.25) is 17.2 Å². The summed E-state index contributed by atoms with van der Waals surface area (Å²) in [7, 11) is 0. The van der Waals surface area contributed by atoms with E-state index in [9.17, 15) is 0 Å². The fraction of sp³-hybridized carbons (Fsp3) is 0.727. The third-order valence-corrected chi connectivity index (χ3v) is 4.35. The van der Waals surface area contributed by atoms with Crippen LogP contribution in [-0.2, 0) is 0 Å². The molecule has 5 nitrogen and oxygen atoms in total. The SMILES string of the molecule is CCNc1nc(Cl)nc(NC2CCCC2SC)n1. The second kappa shape index (κ2) is 6.43. The van der Waals surface area contributed by atoms with Gasteiger partial charge >= 0.3 is 0 Å². The van der Waals surface area contributed by atoms with E-state index in [4.69, 9.17) is 11.6 Å². The second-order valence-corrected chi connectivity index (χ2v) is 5.65. The third kappa shape index (κ3) is 3.38. The van der Waals surface area contributed by atoms with Gasteiger partial charge in [0, 0.05) is 17.8 Å². The van der Waals surface area contributed by atoms with Crippen LogP contribution in [0.5, 0.6) is 0 Å². The Morgan fingerprint density at radius 2 is 2.06 bits per heavy atom. The van der Waals surface area contributed by atoms with Crippen LogP contribution in [0.25, 0.3) is 0 Å². The summed E-state index contributed by atoms with van der Waals surface area (Å²) in [5.74, 6) is 1.09. The van der Waals surface area contributed by atoms with E-state index in [1.807, 2.05) is 18.7 Å². The quantitative estimate of drug-likeness (QED) is 0.868. The van der Waals surface area contributed by atoms with E-state index in [-0.39, 0.29) is 5.28 Å². The highest BCUT2D eigenvalue weighted by Crippen LogP contribution is 2.30. The number of nitrogens with one attached hydrogen (secondary N) is 2. The molecule has 0 amide bonds. The summed E-state index contributed by atoms with van der Waals surface area (Å²) in [6.07, 6.45) is 5.81. The number of hydrogen-bond acceptors (Lipinski definition) is 6. The van der Waals surface area contributed by atoms with Gasteiger partial charge in [0.15, 0.2) is 0 Å². The summed E-state index contributed by atoms with van der Waals surface area (Å²) in [4.78, 5) is 12.5. The fourth-order valence-electron chi connectivity index (χ4n) is 2.19. The molecule has 1 aromatic rings. The van der Waals surface area contributed by atoms with Crippen LogP contribution in [0, 0.1) is 0 Å². The number of halogens is 1. The number of rotatable bonds is 5. The summed E-state index contributed by atoms with van der Waals surface area (Å²) in [6, 6.07) is 0.424. The zero-order valence-corrected chi connectivity index (χ0v) is 12.2. The lowest BCUT2D eigenvalue weighted by Gasteiger charge is -2.19. The van der Waals surface area contributed by atoms with Crippen LogP contribution in [0.4, 0.5) is 11.9 Å². The molecule has 1 heterocycles. The lowest BCUT2D eigenvalue weighted by atomic mass is 10.2. The lowest BCUT2D eigenvalue weighted by molar-refractivity contribution is 0.754. The maximum Gasteiger partial charge on any atom is 0.229 e. The highest BCUT2D eigenvalue weighted by atomic mass is 35.5. The Morgan fingerprint density at radius 3 is 2.78 bits per heavy atom. The van der Waals surface area contributed by atoms with E-state index in [0.29, 0.717) is 23.2 Å². The largest absolute Gasteiger partial charge is 0.354 e. The van der Waals surface area contributed by atoms with Crippen LogP contribution in [0.15, 0.2) is 0 Å². The van der Waals surface area contributed by atoms with Gasteiger partial charge in [-0.3, -0.25) is 0 Å². The maximum absolute atomic E-state index is 5.89. The van der Waals surface area contributed by atoms with Gasteiger partial charge in [-0.1, -0.05) is 6.42 Å². The predicted molar refractivity (Wildman–Crippen MR) is 77.6 cm³/mol. The van der Waals surface area contributed by atoms with Gasteiger partial charge in [0.1, 0.15) is 0 Å². The number of thioether (sulfide) groups is 1. The van der Waals surface area contributed by atoms with Crippen molar-refractivity contribution in [1.29, 1.82) is 0 Å². The minimum absolute atomic E-state index is 0.224. The maximum atomic E-state index is 5.89. The van der Waals surface area contributed by atoms with Gasteiger partial charge in [-0.15, -0.1) is 0 Å². The molecule has 2 unspecified atom stereocenters. The molecule has 2 N–H and O–H groups in total. The van der Waals surface area contributed by atoms with Gasteiger partial charge in [0.25, 0.3) is 0 Å². The van der Waals surface area contributed by atoms with Crippen molar-refractivity contribution in [3.63, 3.8) is 0 Å². The van der Waals surface area contributed by atoms with E-state index < -0.39 is 0 Å². The van der Waals surface area contributed by atoms with Crippen LogP contribution in [-0.4, -0.2) is 39.0 Å². The molecule has 1 aliphatic rings. The molecule has 100 valence electrons. The normalized spacial score (nSPS) is 23.1. The molecule has 0 saturated heterocycles.